The van der Waals surface area contributed by atoms with Gasteiger partial charge in [-0.25, -0.2) is 8.78 Å². The van der Waals surface area contributed by atoms with Gasteiger partial charge in [-0.2, -0.15) is 0 Å². The molecular weight excluding hydrogens is 222 g/mol. The normalized spacial score (nSPS) is 13.1. The highest BCUT2D eigenvalue weighted by molar-refractivity contribution is 5.19. The number of rotatable bonds is 6. The summed E-state index contributed by atoms with van der Waals surface area (Å²) in [7, 11) is 0. The lowest BCUT2D eigenvalue weighted by Gasteiger charge is -2.12. The van der Waals surface area contributed by atoms with Gasteiger partial charge in [-0.15, -0.1) is 0 Å². The molecule has 1 atom stereocenters. The van der Waals surface area contributed by atoms with Gasteiger partial charge >= 0.3 is 0 Å². The number of halogens is 2. The van der Waals surface area contributed by atoms with Crippen molar-refractivity contribution in [3.05, 3.63) is 35.4 Å². The third-order valence-electron chi connectivity index (χ3n) is 2.81. The quantitative estimate of drug-likeness (QED) is 0.806. The van der Waals surface area contributed by atoms with E-state index in [4.69, 9.17) is 0 Å². The van der Waals surface area contributed by atoms with Crippen LogP contribution >= 0.6 is 0 Å². The Hall–Kier alpha value is -0.960. The lowest BCUT2D eigenvalue weighted by Crippen LogP contribution is -2.12. The zero-order valence-electron chi connectivity index (χ0n) is 10.4. The van der Waals surface area contributed by atoms with Crippen molar-refractivity contribution >= 4 is 0 Å². The molecule has 17 heavy (non-hydrogen) atoms. The molecule has 96 valence electrons. The summed E-state index contributed by atoms with van der Waals surface area (Å²) in [5.74, 6) is -1.08. The van der Waals surface area contributed by atoms with Crippen molar-refractivity contribution in [3.8, 4) is 0 Å². The second-order valence-corrected chi connectivity index (χ2v) is 4.90. The molecule has 1 rings (SSSR count). The number of benzene rings is 1. The van der Waals surface area contributed by atoms with Crippen molar-refractivity contribution in [1.82, 2.24) is 0 Å². The SMILES string of the molecule is CC(C)CCCC(O)Cc1cccc(F)c1F. The van der Waals surface area contributed by atoms with Crippen LogP contribution in [0.2, 0.25) is 0 Å². The van der Waals surface area contributed by atoms with Gasteiger partial charge in [0.25, 0.3) is 0 Å². The van der Waals surface area contributed by atoms with E-state index in [9.17, 15) is 13.9 Å². The first-order valence-corrected chi connectivity index (χ1v) is 6.11. The monoisotopic (exact) mass is 242 g/mol. The molecule has 1 nitrogen and oxygen atoms in total. The minimum Gasteiger partial charge on any atom is -0.393 e. The van der Waals surface area contributed by atoms with Crippen LogP contribution in [0, 0.1) is 17.6 Å². The molecule has 0 aliphatic carbocycles. The van der Waals surface area contributed by atoms with Crippen molar-refractivity contribution in [1.29, 1.82) is 0 Å². The van der Waals surface area contributed by atoms with Gasteiger partial charge in [0.2, 0.25) is 0 Å². The predicted octanol–water partition coefficient (Wildman–Crippen LogP) is 3.69. The van der Waals surface area contributed by atoms with Crippen LogP contribution in [0.25, 0.3) is 0 Å². The summed E-state index contributed by atoms with van der Waals surface area (Å²) in [5.41, 5.74) is 0.252. The molecule has 0 fully saturated rings. The summed E-state index contributed by atoms with van der Waals surface area (Å²) in [6, 6.07) is 4.07. The number of hydrogen-bond acceptors (Lipinski definition) is 1. The summed E-state index contributed by atoms with van der Waals surface area (Å²) in [4.78, 5) is 0. The molecule has 1 N–H and O–H groups in total. The lowest BCUT2D eigenvalue weighted by molar-refractivity contribution is 0.158. The summed E-state index contributed by atoms with van der Waals surface area (Å²) in [5, 5.41) is 9.74. The molecule has 0 saturated heterocycles. The van der Waals surface area contributed by atoms with Gasteiger partial charge in [0.05, 0.1) is 6.10 Å². The van der Waals surface area contributed by atoms with E-state index in [0.717, 1.165) is 18.9 Å². The molecule has 0 aliphatic heterocycles. The highest BCUT2D eigenvalue weighted by Gasteiger charge is 2.12. The molecule has 0 aromatic heterocycles. The van der Waals surface area contributed by atoms with Gasteiger partial charge in [0.15, 0.2) is 11.6 Å². The van der Waals surface area contributed by atoms with Crippen LogP contribution in [0.5, 0.6) is 0 Å². The Bertz CT molecular complexity index is 350. The standard InChI is InChI=1S/C14H20F2O/c1-10(2)5-3-7-12(17)9-11-6-4-8-13(15)14(11)16/h4,6,8,10,12,17H,3,5,7,9H2,1-2H3. The van der Waals surface area contributed by atoms with E-state index in [0.29, 0.717) is 12.3 Å². The summed E-state index contributed by atoms with van der Waals surface area (Å²) >= 11 is 0. The van der Waals surface area contributed by atoms with Crippen LogP contribution < -0.4 is 0 Å². The highest BCUT2D eigenvalue weighted by Crippen LogP contribution is 2.16. The van der Waals surface area contributed by atoms with Crippen molar-refractivity contribution < 1.29 is 13.9 Å². The van der Waals surface area contributed by atoms with Crippen molar-refractivity contribution in [2.45, 2.75) is 45.6 Å². The van der Waals surface area contributed by atoms with Crippen molar-refractivity contribution in [2.75, 3.05) is 0 Å². The molecule has 1 aromatic rings. The van der Waals surface area contributed by atoms with E-state index in [1.807, 2.05) is 0 Å². The van der Waals surface area contributed by atoms with Gasteiger partial charge in [-0.05, 0) is 24.0 Å². The third kappa shape index (κ3) is 4.82. The van der Waals surface area contributed by atoms with Gasteiger partial charge in [-0.3, -0.25) is 0 Å². The second-order valence-electron chi connectivity index (χ2n) is 4.90. The minimum absolute atomic E-state index is 0.182. The van der Waals surface area contributed by atoms with Crippen molar-refractivity contribution in [3.63, 3.8) is 0 Å². The Morgan fingerprint density at radius 3 is 2.53 bits per heavy atom. The fourth-order valence-electron chi connectivity index (χ4n) is 1.82. The minimum atomic E-state index is -0.850. The number of aliphatic hydroxyl groups is 1. The third-order valence-corrected chi connectivity index (χ3v) is 2.81. The lowest BCUT2D eigenvalue weighted by atomic mass is 10.00. The maximum atomic E-state index is 13.3. The van der Waals surface area contributed by atoms with Crippen LogP contribution in [0.3, 0.4) is 0 Å². The van der Waals surface area contributed by atoms with E-state index < -0.39 is 17.7 Å². The topological polar surface area (TPSA) is 20.2 Å². The number of aliphatic hydroxyl groups excluding tert-OH is 1. The van der Waals surface area contributed by atoms with E-state index >= 15 is 0 Å². The zero-order valence-corrected chi connectivity index (χ0v) is 10.4. The molecule has 0 radical (unpaired) electrons. The average molecular weight is 242 g/mol. The molecule has 3 heteroatoms. The van der Waals surface area contributed by atoms with Crippen LogP contribution in [-0.4, -0.2) is 11.2 Å². The Labute approximate surface area is 101 Å². The van der Waals surface area contributed by atoms with E-state index in [1.165, 1.54) is 12.1 Å². The highest BCUT2D eigenvalue weighted by atomic mass is 19.2. The predicted molar refractivity (Wildman–Crippen MR) is 64.8 cm³/mol. The molecule has 0 aliphatic rings. The maximum absolute atomic E-state index is 13.3. The van der Waals surface area contributed by atoms with Crippen molar-refractivity contribution in [2.24, 2.45) is 5.92 Å². The molecule has 1 unspecified atom stereocenters. The summed E-state index contributed by atoms with van der Waals surface area (Å²) in [6.45, 7) is 4.25. The summed E-state index contributed by atoms with van der Waals surface area (Å²) in [6.07, 6.45) is 2.18. The Morgan fingerprint density at radius 1 is 1.18 bits per heavy atom. The molecule has 0 amide bonds. The smallest absolute Gasteiger partial charge is 0.162 e. The fourth-order valence-corrected chi connectivity index (χ4v) is 1.82. The Kier molecular flexibility index (Phi) is 5.56. The van der Waals surface area contributed by atoms with Crippen LogP contribution in [0.4, 0.5) is 8.78 Å². The first-order chi connectivity index (χ1) is 8.00. The maximum Gasteiger partial charge on any atom is 0.162 e. The number of hydrogen-bond donors (Lipinski definition) is 1. The molecule has 1 aromatic carbocycles. The van der Waals surface area contributed by atoms with Crippen LogP contribution in [0.1, 0.15) is 38.7 Å². The van der Waals surface area contributed by atoms with Gasteiger partial charge in [0, 0.05) is 6.42 Å². The van der Waals surface area contributed by atoms with E-state index in [-0.39, 0.29) is 12.0 Å². The first-order valence-electron chi connectivity index (χ1n) is 6.11. The van der Waals surface area contributed by atoms with Gasteiger partial charge < -0.3 is 5.11 Å². The zero-order chi connectivity index (χ0) is 12.8. The molecule has 0 bridgehead atoms. The van der Waals surface area contributed by atoms with Gasteiger partial charge in [-0.1, -0.05) is 38.8 Å². The fraction of sp³-hybridized carbons (Fsp3) is 0.571. The average Bonchev–Trinajstić information content (AvgIpc) is 2.24. The molecule has 0 saturated carbocycles. The summed E-state index contributed by atoms with van der Waals surface area (Å²) < 4.78 is 26.3. The molecule has 0 spiro atoms. The van der Waals surface area contributed by atoms with Crippen LogP contribution in [0.15, 0.2) is 18.2 Å². The second kappa shape index (κ2) is 6.70. The van der Waals surface area contributed by atoms with Crippen LogP contribution in [-0.2, 0) is 6.42 Å². The largest absolute Gasteiger partial charge is 0.393 e. The van der Waals surface area contributed by atoms with E-state index in [1.54, 1.807) is 0 Å². The molecular formula is C14H20F2O. The molecule has 0 heterocycles. The van der Waals surface area contributed by atoms with E-state index in [2.05, 4.69) is 13.8 Å². The van der Waals surface area contributed by atoms with Gasteiger partial charge in [0.1, 0.15) is 0 Å². The Morgan fingerprint density at radius 2 is 1.88 bits per heavy atom. The first kappa shape index (κ1) is 14.1. The Balaban J connectivity index is 2.45.